The van der Waals surface area contributed by atoms with Crippen LogP contribution in [0.2, 0.25) is 0 Å². The first-order chi connectivity index (χ1) is 54.1. The van der Waals surface area contributed by atoms with Crippen LogP contribution >= 0.6 is 0 Å². The van der Waals surface area contributed by atoms with Gasteiger partial charge in [0.15, 0.2) is 11.2 Å². The summed E-state index contributed by atoms with van der Waals surface area (Å²) in [5, 5.41) is 4.45. The molecule has 7 aliphatic rings. The summed E-state index contributed by atoms with van der Waals surface area (Å²) < 4.78 is 67.2. The maximum absolute atomic E-state index is 9.32. The molecule has 3 aromatic heterocycles. The van der Waals surface area contributed by atoms with Crippen molar-refractivity contribution in [2.75, 3.05) is 24.5 Å². The zero-order valence-corrected chi connectivity index (χ0v) is 69.9. The molecule has 0 amide bonds. The molecule has 0 radical (unpaired) electrons. The van der Waals surface area contributed by atoms with Crippen LogP contribution in [-0.2, 0) is 10.8 Å². The SMILES string of the molecule is Cc1ccccc1N1c2ccccc2C(C)(C)C1C.Cc1ccccc1N1c2ncccc2C(C)(C)C1C.[2H]C1([2H])C(C)(C)C(C)N(c2c(C)ccc3c2oc2ccccc23)C1(C)C.[2H]C1([2H])C2(CCCCC2)C(C)N(c2c(C)ccc3c2oc2ccccc23)C1(C)C.[2H]C1([2H])C2(CCCCC2)C(C)N(c2ccccc2C)C1(C)C. The lowest BCUT2D eigenvalue weighted by atomic mass is 9.68. The number of para-hydroxylation sites is 6. The van der Waals surface area contributed by atoms with Crippen molar-refractivity contribution in [1.82, 2.24) is 4.98 Å². The summed E-state index contributed by atoms with van der Waals surface area (Å²) in [4.78, 5) is 16.5. The Hall–Kier alpha value is -8.49. The molecule has 5 atom stereocenters. The van der Waals surface area contributed by atoms with Gasteiger partial charge in [0, 0.05) is 122 Å². The van der Waals surface area contributed by atoms with E-state index in [0.717, 1.165) is 111 Å². The fraction of sp³-hybridized carbons (Fsp3) is 0.475. The minimum absolute atomic E-state index is 0.0324. The van der Waals surface area contributed by atoms with E-state index in [2.05, 4.69) is 300 Å². The van der Waals surface area contributed by atoms with Crippen LogP contribution < -0.4 is 24.5 Å². The number of nitrogens with zero attached hydrogens (tertiary/aromatic N) is 6. The lowest BCUT2D eigenvalue weighted by Crippen LogP contribution is -2.44. The molecule has 3 saturated heterocycles. The number of aryl methyl sites for hydroxylation is 5. The quantitative estimate of drug-likeness (QED) is 0.169. The number of fused-ring (bicyclic) bond motifs is 8. The Morgan fingerprint density at radius 3 is 1.19 bits per heavy atom. The van der Waals surface area contributed by atoms with Gasteiger partial charge in [-0.25, -0.2) is 4.98 Å². The van der Waals surface area contributed by atoms with Crippen LogP contribution in [0.15, 0.2) is 197 Å². The van der Waals surface area contributed by atoms with Gasteiger partial charge in [-0.2, -0.15) is 0 Å². The van der Waals surface area contributed by atoms with Crippen molar-refractivity contribution in [3.05, 3.63) is 227 Å². The topological polar surface area (TPSA) is 55.4 Å². The lowest BCUT2D eigenvalue weighted by molar-refractivity contribution is 0.170. The zero-order chi connectivity index (χ0) is 83.1. The van der Waals surface area contributed by atoms with E-state index in [0.29, 0.717) is 12.1 Å². The van der Waals surface area contributed by atoms with Crippen molar-refractivity contribution in [1.29, 1.82) is 0 Å². The van der Waals surface area contributed by atoms with Crippen molar-refractivity contribution in [3.63, 3.8) is 0 Å². The molecule has 5 aliphatic heterocycles. The second-order valence-electron chi connectivity index (χ2n) is 36.5. The number of rotatable bonds is 5. The highest BCUT2D eigenvalue weighted by atomic mass is 16.3. The van der Waals surface area contributed by atoms with Gasteiger partial charge in [0.25, 0.3) is 0 Å². The summed E-state index contributed by atoms with van der Waals surface area (Å²) >= 11 is 0. The normalized spacial score (nSPS) is 25.4. The van der Waals surface area contributed by atoms with E-state index in [1.165, 1.54) is 76.3 Å². The molecule has 8 heterocycles. The third-order valence-electron chi connectivity index (χ3n) is 27.3. The molecule has 109 heavy (non-hydrogen) atoms. The summed E-state index contributed by atoms with van der Waals surface area (Å²) in [6.07, 6.45) is 9.14. The molecule has 2 saturated carbocycles. The molecule has 2 aliphatic carbocycles. The molecular formula is C101H128N6O2. The monoisotopic (exact) mass is 1460 g/mol. The Morgan fingerprint density at radius 2 is 0.716 bits per heavy atom. The molecule has 8 aromatic carbocycles. The Bertz CT molecular complexity index is 5310. The molecule has 5 unspecified atom stereocenters. The Labute approximate surface area is 663 Å². The van der Waals surface area contributed by atoms with Crippen molar-refractivity contribution in [2.45, 2.75) is 293 Å². The second-order valence-corrected chi connectivity index (χ2v) is 36.5. The zero-order valence-electron chi connectivity index (χ0n) is 75.9. The van der Waals surface area contributed by atoms with Crippen LogP contribution in [0.5, 0.6) is 0 Å². The fourth-order valence-electron chi connectivity index (χ4n) is 21.0. The maximum Gasteiger partial charge on any atom is 0.158 e. The Balaban J connectivity index is 0.000000120. The number of anilines is 7. The van der Waals surface area contributed by atoms with E-state index in [1.807, 2.05) is 70.3 Å². The van der Waals surface area contributed by atoms with Gasteiger partial charge in [-0.15, -0.1) is 0 Å². The second kappa shape index (κ2) is 29.0. The van der Waals surface area contributed by atoms with E-state index < -0.39 is 41.2 Å². The average Bonchev–Trinajstić information content (AvgIpc) is 1.53. The number of aromatic nitrogens is 1. The highest BCUT2D eigenvalue weighted by molar-refractivity contribution is 6.11. The van der Waals surface area contributed by atoms with E-state index in [9.17, 15) is 2.74 Å². The van der Waals surface area contributed by atoms with Crippen molar-refractivity contribution in [2.24, 2.45) is 16.2 Å². The molecule has 2 spiro atoms. The van der Waals surface area contributed by atoms with Crippen molar-refractivity contribution >= 4 is 83.8 Å². The smallest absolute Gasteiger partial charge is 0.158 e. The third-order valence-corrected chi connectivity index (χ3v) is 27.3. The molecule has 18 rings (SSSR count). The van der Waals surface area contributed by atoms with Gasteiger partial charge in [-0.05, 0) is 248 Å². The van der Waals surface area contributed by atoms with Crippen LogP contribution in [-0.4, -0.2) is 51.8 Å². The third kappa shape index (κ3) is 13.5. The van der Waals surface area contributed by atoms with Gasteiger partial charge in [0.05, 0.1) is 11.4 Å². The standard InChI is InChI=1S/C25H31NO.C22H27NO.C19H29N.C18H21N.C17H20N2/c1-17-12-13-20-19-10-6-7-11-21(19)27-23(20)22(17)26-18(2)25(16-24(26,3)4)14-8-5-9-15-25;1-14-11-12-17-16-9-7-8-10-18(16)24-20(17)19(14)23-15(2)21(3,4)13-22(23,5)6;1-15-10-6-7-11-17(15)20-16(2)19(14-18(20,3)4)12-8-5-9-13-19;1-13-9-5-7-11-16(13)19-14(2)18(3,4)15-10-6-8-12-17(15)19;1-12-8-5-6-10-15(12)19-13(2)17(3,4)14-9-7-11-18-16(14)19/h6-7,10-13,18H,5,8-9,14-16H2,1-4H3;7-12,15H,13H2,1-6H3;6-7,10-11,16H,5,8-9,12-14H2,1-4H3;5-12,14H,1-4H3;5-11,13H,1-4H3/i16D2;13D2;14D2;;. The molecule has 574 valence electrons. The fourth-order valence-corrected chi connectivity index (χ4v) is 21.0. The summed E-state index contributed by atoms with van der Waals surface area (Å²) in [6.45, 7) is 47.7. The first kappa shape index (κ1) is 69.7. The summed E-state index contributed by atoms with van der Waals surface area (Å²) in [5.74, 6) is 1.11. The molecule has 8 nitrogen and oxygen atoms in total. The maximum atomic E-state index is 9.32. The molecule has 0 bridgehead atoms. The van der Waals surface area contributed by atoms with E-state index in [4.69, 9.17) is 14.3 Å². The van der Waals surface area contributed by atoms with Crippen LogP contribution in [0.4, 0.5) is 39.9 Å². The minimum atomic E-state index is -1.35. The van der Waals surface area contributed by atoms with E-state index in [-0.39, 0.29) is 39.8 Å². The van der Waals surface area contributed by atoms with Gasteiger partial charge in [0.1, 0.15) is 17.0 Å². The van der Waals surface area contributed by atoms with Gasteiger partial charge in [0.2, 0.25) is 0 Å². The van der Waals surface area contributed by atoms with Gasteiger partial charge < -0.3 is 33.3 Å². The summed E-state index contributed by atoms with van der Waals surface area (Å²) in [5.41, 5.74) is 17.2. The van der Waals surface area contributed by atoms with E-state index >= 15 is 0 Å². The predicted molar refractivity (Wildman–Crippen MR) is 467 cm³/mol. The van der Waals surface area contributed by atoms with Crippen LogP contribution in [0.1, 0.15) is 248 Å². The predicted octanol–water partition coefficient (Wildman–Crippen LogP) is 27.9. The number of hydrogen-bond donors (Lipinski definition) is 0. The molecule has 8 heteroatoms. The first-order valence-electron chi connectivity index (χ1n) is 44.1. The molecule has 0 N–H and O–H groups in total. The minimum Gasteiger partial charge on any atom is -0.454 e. The van der Waals surface area contributed by atoms with Crippen LogP contribution in [0.3, 0.4) is 0 Å². The van der Waals surface area contributed by atoms with Gasteiger partial charge in [-0.3, -0.25) is 0 Å². The van der Waals surface area contributed by atoms with Crippen LogP contribution in [0.25, 0.3) is 43.9 Å². The lowest BCUT2D eigenvalue weighted by Gasteiger charge is -2.41. The van der Waals surface area contributed by atoms with Crippen molar-refractivity contribution in [3.8, 4) is 0 Å². The molecule has 11 aromatic rings. The van der Waals surface area contributed by atoms with Crippen molar-refractivity contribution < 1.29 is 17.1 Å². The Kier molecular flexibility index (Phi) is 18.5. The number of furan rings is 2. The number of benzene rings is 8. The highest BCUT2D eigenvalue weighted by Gasteiger charge is 2.56. The number of pyridine rings is 1. The average molecular weight is 1460 g/mol. The van der Waals surface area contributed by atoms with E-state index in [1.54, 1.807) is 0 Å². The first-order valence-corrected chi connectivity index (χ1v) is 41.1. The Morgan fingerprint density at radius 1 is 0.339 bits per heavy atom. The van der Waals surface area contributed by atoms with Gasteiger partial charge in [-0.1, -0.05) is 220 Å². The number of hydrogen-bond acceptors (Lipinski definition) is 8. The molecular weight excluding hydrogens is 1330 g/mol. The van der Waals surface area contributed by atoms with Gasteiger partial charge >= 0.3 is 0 Å². The molecule has 5 fully saturated rings. The summed E-state index contributed by atoms with van der Waals surface area (Å²) in [7, 11) is 0. The summed E-state index contributed by atoms with van der Waals surface area (Å²) in [6, 6.07) is 64.8. The highest BCUT2D eigenvalue weighted by Crippen LogP contribution is 2.60. The van der Waals surface area contributed by atoms with Crippen LogP contribution in [0, 0.1) is 50.9 Å². The largest absolute Gasteiger partial charge is 0.454 e.